The summed E-state index contributed by atoms with van der Waals surface area (Å²) in [6.45, 7) is 0.370. The van der Waals surface area contributed by atoms with E-state index in [0.717, 1.165) is 33.8 Å². The van der Waals surface area contributed by atoms with Gasteiger partial charge in [0.05, 0.1) is 26.4 Å². The molecule has 7 nitrogen and oxygen atoms in total. The molecule has 2 heterocycles. The SMILES string of the molecule is COc1ccc2c(c1)OCC(c1cc3c(-c4ccc(O)cc4)cc(-c4ccc(O)cc4OC)oc-3cc1=O)C2. The normalized spacial score (nSPS) is 14.5. The lowest BCUT2D eigenvalue weighted by Gasteiger charge is -2.26. The van der Waals surface area contributed by atoms with E-state index in [4.69, 9.17) is 18.6 Å². The Labute approximate surface area is 224 Å². The molecule has 1 unspecified atom stereocenters. The molecular weight excluding hydrogens is 496 g/mol. The van der Waals surface area contributed by atoms with Gasteiger partial charge in [-0.25, -0.2) is 0 Å². The van der Waals surface area contributed by atoms with Gasteiger partial charge in [-0.05, 0) is 65.6 Å². The molecule has 2 aliphatic heterocycles. The molecule has 1 aliphatic carbocycles. The lowest BCUT2D eigenvalue weighted by molar-refractivity contribution is 0.260. The molecule has 3 aliphatic rings. The van der Waals surface area contributed by atoms with Crippen molar-refractivity contribution in [1.29, 1.82) is 0 Å². The fourth-order valence-electron chi connectivity index (χ4n) is 5.12. The minimum atomic E-state index is -0.136. The van der Waals surface area contributed by atoms with Crippen molar-refractivity contribution in [2.24, 2.45) is 0 Å². The highest BCUT2D eigenvalue weighted by atomic mass is 16.5. The highest BCUT2D eigenvalue weighted by molar-refractivity contribution is 5.86. The Hall–Kier alpha value is -4.91. The molecule has 0 aromatic heterocycles. The predicted octanol–water partition coefficient (Wildman–Crippen LogP) is 6.23. The largest absolute Gasteiger partial charge is 0.508 e. The van der Waals surface area contributed by atoms with Crippen LogP contribution in [0.15, 0.2) is 88.1 Å². The zero-order valence-electron chi connectivity index (χ0n) is 21.4. The number of benzene rings is 4. The van der Waals surface area contributed by atoms with Crippen molar-refractivity contribution in [2.45, 2.75) is 12.3 Å². The van der Waals surface area contributed by atoms with E-state index in [1.54, 1.807) is 31.4 Å². The molecule has 0 amide bonds. The molecule has 0 bridgehead atoms. The average molecular weight is 523 g/mol. The van der Waals surface area contributed by atoms with Crippen LogP contribution in [0.4, 0.5) is 0 Å². The number of rotatable bonds is 5. The summed E-state index contributed by atoms with van der Waals surface area (Å²) in [5, 5.41) is 19.8. The van der Waals surface area contributed by atoms with Crippen LogP contribution >= 0.6 is 0 Å². The Morgan fingerprint density at radius 3 is 2.31 bits per heavy atom. The van der Waals surface area contributed by atoms with Crippen molar-refractivity contribution in [1.82, 2.24) is 0 Å². The second-order valence-corrected chi connectivity index (χ2v) is 9.53. The number of aromatic hydroxyl groups is 2. The van der Waals surface area contributed by atoms with E-state index in [1.807, 2.05) is 42.5 Å². The number of hydrogen-bond donors (Lipinski definition) is 2. The lowest BCUT2D eigenvalue weighted by atomic mass is 9.86. The molecule has 196 valence electrons. The molecule has 0 fully saturated rings. The maximum atomic E-state index is 13.4. The molecular formula is C32H26O7. The van der Waals surface area contributed by atoms with Crippen molar-refractivity contribution < 1.29 is 28.8 Å². The molecule has 6 rings (SSSR count). The molecule has 0 saturated carbocycles. The summed E-state index contributed by atoms with van der Waals surface area (Å²) >= 11 is 0. The number of ether oxygens (including phenoxy) is 3. The van der Waals surface area contributed by atoms with Gasteiger partial charge in [-0.2, -0.15) is 0 Å². The first-order valence-electron chi connectivity index (χ1n) is 12.5. The number of phenolic OH excluding ortho intramolecular Hbond substituents is 2. The molecule has 0 saturated heterocycles. The topological polar surface area (TPSA) is 98.4 Å². The highest BCUT2D eigenvalue weighted by Gasteiger charge is 2.27. The average Bonchev–Trinajstić information content (AvgIpc) is 2.96. The van der Waals surface area contributed by atoms with E-state index in [0.29, 0.717) is 41.4 Å². The first kappa shape index (κ1) is 24.4. The predicted molar refractivity (Wildman–Crippen MR) is 147 cm³/mol. The zero-order chi connectivity index (χ0) is 27.1. The summed E-state index contributed by atoms with van der Waals surface area (Å²) in [7, 11) is 3.13. The van der Waals surface area contributed by atoms with Crippen LogP contribution in [0.1, 0.15) is 17.0 Å². The lowest BCUT2D eigenvalue weighted by Crippen LogP contribution is -2.24. The maximum Gasteiger partial charge on any atom is 0.185 e. The van der Waals surface area contributed by atoms with Crippen LogP contribution in [0.3, 0.4) is 0 Å². The Balaban J connectivity index is 1.51. The Morgan fingerprint density at radius 2 is 1.54 bits per heavy atom. The van der Waals surface area contributed by atoms with Gasteiger partial charge in [0, 0.05) is 35.2 Å². The van der Waals surface area contributed by atoms with Crippen LogP contribution in [0.25, 0.3) is 33.8 Å². The zero-order valence-corrected chi connectivity index (χ0v) is 21.4. The third-order valence-corrected chi connectivity index (χ3v) is 7.15. The van der Waals surface area contributed by atoms with Gasteiger partial charge in [0.25, 0.3) is 0 Å². The van der Waals surface area contributed by atoms with Crippen LogP contribution in [0.5, 0.6) is 28.7 Å². The van der Waals surface area contributed by atoms with Gasteiger partial charge in [0.1, 0.15) is 40.3 Å². The summed E-state index contributed by atoms with van der Waals surface area (Å²) in [6, 6.07) is 22.7. The van der Waals surface area contributed by atoms with Gasteiger partial charge in [0.15, 0.2) is 5.43 Å². The van der Waals surface area contributed by atoms with Crippen molar-refractivity contribution in [3.8, 4) is 62.5 Å². The Morgan fingerprint density at radius 1 is 0.769 bits per heavy atom. The van der Waals surface area contributed by atoms with Crippen LogP contribution in [0.2, 0.25) is 0 Å². The van der Waals surface area contributed by atoms with E-state index in [2.05, 4.69) is 0 Å². The van der Waals surface area contributed by atoms with Gasteiger partial charge in [-0.1, -0.05) is 18.2 Å². The van der Waals surface area contributed by atoms with E-state index >= 15 is 0 Å². The van der Waals surface area contributed by atoms with Crippen LogP contribution in [-0.4, -0.2) is 31.0 Å². The number of fused-ring (bicyclic) bond motifs is 2. The molecule has 7 heteroatoms. The number of methoxy groups -OCH3 is 2. The monoisotopic (exact) mass is 522 g/mol. The van der Waals surface area contributed by atoms with Gasteiger partial charge in [-0.15, -0.1) is 0 Å². The van der Waals surface area contributed by atoms with Gasteiger partial charge in [0.2, 0.25) is 0 Å². The molecule has 1 atom stereocenters. The van der Waals surface area contributed by atoms with Gasteiger partial charge in [-0.3, -0.25) is 4.79 Å². The third-order valence-electron chi connectivity index (χ3n) is 7.15. The van der Waals surface area contributed by atoms with Crippen LogP contribution in [0, 0.1) is 0 Å². The fourth-order valence-corrected chi connectivity index (χ4v) is 5.12. The molecule has 3 aromatic rings. The minimum Gasteiger partial charge on any atom is -0.508 e. The summed E-state index contributed by atoms with van der Waals surface area (Å²) in [5.74, 6) is 2.91. The van der Waals surface area contributed by atoms with Crippen molar-refractivity contribution in [3.05, 3.63) is 100 Å². The molecule has 3 aromatic carbocycles. The Kier molecular flexibility index (Phi) is 6.11. The van der Waals surface area contributed by atoms with Crippen molar-refractivity contribution in [3.63, 3.8) is 0 Å². The smallest absolute Gasteiger partial charge is 0.185 e. The van der Waals surface area contributed by atoms with Crippen molar-refractivity contribution >= 4 is 0 Å². The van der Waals surface area contributed by atoms with Crippen LogP contribution < -0.4 is 19.6 Å². The molecule has 39 heavy (non-hydrogen) atoms. The van der Waals surface area contributed by atoms with Gasteiger partial charge >= 0.3 is 0 Å². The maximum absolute atomic E-state index is 13.4. The Bertz CT molecular complexity index is 1700. The highest BCUT2D eigenvalue weighted by Crippen LogP contribution is 2.43. The molecule has 0 radical (unpaired) electrons. The van der Waals surface area contributed by atoms with E-state index in [1.165, 1.54) is 19.2 Å². The first-order valence-corrected chi connectivity index (χ1v) is 12.5. The quantitative estimate of drug-likeness (QED) is 0.283. The van der Waals surface area contributed by atoms with Crippen LogP contribution in [-0.2, 0) is 6.42 Å². The standard InChI is InChI=1S/C32H26O7/c1-36-23-9-5-19-11-20(17-38-29(19)13-23)26-14-27-25(18-3-6-21(33)7-4-18)15-31(39-32(27)16-28(26)35)24-10-8-22(34)12-30(24)37-2/h3-10,12-16,20,33-34H,11,17H2,1-2H3. The van der Waals surface area contributed by atoms with Gasteiger partial charge < -0.3 is 28.8 Å². The van der Waals surface area contributed by atoms with E-state index in [9.17, 15) is 15.0 Å². The summed E-state index contributed by atoms with van der Waals surface area (Å²) in [5.41, 5.74) is 4.58. The van der Waals surface area contributed by atoms with E-state index < -0.39 is 0 Å². The van der Waals surface area contributed by atoms with Crippen molar-refractivity contribution in [2.75, 3.05) is 20.8 Å². The summed E-state index contributed by atoms with van der Waals surface area (Å²) in [6.07, 6.45) is 0.661. The molecule has 0 spiro atoms. The minimum absolute atomic E-state index is 0.0661. The molecule has 2 N–H and O–H groups in total. The van der Waals surface area contributed by atoms with E-state index in [-0.39, 0.29) is 22.8 Å². The number of hydrogen-bond acceptors (Lipinski definition) is 7. The summed E-state index contributed by atoms with van der Waals surface area (Å²) < 4.78 is 23.1. The second-order valence-electron chi connectivity index (χ2n) is 9.53. The fraction of sp³-hybridized carbons (Fsp3) is 0.156. The first-order chi connectivity index (χ1) is 18.9. The second kappa shape index (κ2) is 9.76. The summed E-state index contributed by atoms with van der Waals surface area (Å²) in [4.78, 5) is 13.4. The number of phenols is 2. The third kappa shape index (κ3) is 4.52.